The first-order valence-corrected chi connectivity index (χ1v) is 7.81. The maximum atomic E-state index is 11.9. The summed E-state index contributed by atoms with van der Waals surface area (Å²) in [4.78, 5) is 11.9. The molecule has 1 N–H and O–H groups in total. The second-order valence-corrected chi connectivity index (χ2v) is 5.53. The summed E-state index contributed by atoms with van der Waals surface area (Å²) in [6, 6.07) is 13.0. The Bertz CT molecular complexity index is 642. The molecular formula is C17H17Cl2NO2. The molecule has 3 nitrogen and oxygen atoms in total. The van der Waals surface area contributed by atoms with E-state index in [-0.39, 0.29) is 12.3 Å². The number of hydrogen-bond donors (Lipinski definition) is 1. The summed E-state index contributed by atoms with van der Waals surface area (Å²) >= 11 is 11.9. The predicted octanol–water partition coefficient (Wildman–Crippen LogP) is 4.96. The Morgan fingerprint density at radius 2 is 1.86 bits per heavy atom. The summed E-state index contributed by atoms with van der Waals surface area (Å²) in [5, 5.41) is 3.47. The highest BCUT2D eigenvalue weighted by molar-refractivity contribution is 6.43. The average Bonchev–Trinajstić information content (AvgIpc) is 2.52. The summed E-state index contributed by atoms with van der Waals surface area (Å²) in [6.45, 7) is 2.40. The van der Waals surface area contributed by atoms with Crippen molar-refractivity contribution in [3.05, 3.63) is 58.1 Å². The number of halogens is 2. The molecule has 0 aliphatic rings. The average molecular weight is 338 g/mol. The van der Waals surface area contributed by atoms with E-state index in [0.717, 1.165) is 12.2 Å². The second kappa shape index (κ2) is 8.06. The third-order valence-electron chi connectivity index (χ3n) is 3.16. The van der Waals surface area contributed by atoms with Gasteiger partial charge >= 0.3 is 0 Å². The number of rotatable bonds is 6. The number of nitrogens with one attached hydrogen (secondary N) is 1. The maximum absolute atomic E-state index is 11.9. The number of amides is 1. The topological polar surface area (TPSA) is 38.3 Å². The van der Waals surface area contributed by atoms with Gasteiger partial charge in [-0.25, -0.2) is 0 Å². The molecule has 5 heteroatoms. The van der Waals surface area contributed by atoms with Crippen LogP contribution in [-0.4, -0.2) is 12.5 Å². The van der Waals surface area contributed by atoms with Crippen LogP contribution in [0.4, 0.5) is 5.69 Å². The lowest BCUT2D eigenvalue weighted by Crippen LogP contribution is -2.15. The monoisotopic (exact) mass is 337 g/mol. The first-order valence-electron chi connectivity index (χ1n) is 7.05. The number of hydrogen-bond acceptors (Lipinski definition) is 2. The zero-order valence-corrected chi connectivity index (χ0v) is 13.7. The van der Waals surface area contributed by atoms with Gasteiger partial charge in [-0.15, -0.1) is 0 Å². The normalized spacial score (nSPS) is 10.3. The van der Waals surface area contributed by atoms with Crippen molar-refractivity contribution < 1.29 is 9.53 Å². The molecule has 2 aromatic rings. The second-order valence-electron chi connectivity index (χ2n) is 4.75. The highest BCUT2D eigenvalue weighted by Gasteiger charge is 2.08. The molecule has 0 aromatic heterocycles. The fourth-order valence-corrected chi connectivity index (χ4v) is 2.24. The van der Waals surface area contributed by atoms with E-state index < -0.39 is 0 Å². The van der Waals surface area contributed by atoms with Gasteiger partial charge in [0.25, 0.3) is 0 Å². The van der Waals surface area contributed by atoms with Crippen molar-refractivity contribution in [2.45, 2.75) is 19.8 Å². The van der Waals surface area contributed by atoms with Crippen LogP contribution in [0.25, 0.3) is 0 Å². The molecule has 0 aliphatic heterocycles. The van der Waals surface area contributed by atoms with Crippen LogP contribution in [0.15, 0.2) is 42.5 Å². The Balaban J connectivity index is 1.81. The predicted molar refractivity (Wildman–Crippen MR) is 91.0 cm³/mol. The van der Waals surface area contributed by atoms with Gasteiger partial charge < -0.3 is 10.1 Å². The van der Waals surface area contributed by atoms with Gasteiger partial charge in [-0.1, -0.05) is 48.3 Å². The zero-order valence-electron chi connectivity index (χ0n) is 12.2. The summed E-state index contributed by atoms with van der Waals surface area (Å²) in [7, 11) is 0. The van der Waals surface area contributed by atoms with Crippen LogP contribution < -0.4 is 10.1 Å². The number of benzene rings is 2. The summed E-state index contributed by atoms with van der Waals surface area (Å²) in [5.41, 5.74) is 1.76. The molecule has 1 amide bonds. The first-order chi connectivity index (χ1) is 10.6. The molecule has 0 unspecified atom stereocenters. The van der Waals surface area contributed by atoms with E-state index in [4.69, 9.17) is 27.9 Å². The van der Waals surface area contributed by atoms with Gasteiger partial charge in [0.1, 0.15) is 5.75 Å². The minimum Gasteiger partial charge on any atom is -0.493 e. The molecule has 0 heterocycles. The zero-order chi connectivity index (χ0) is 15.9. The molecule has 2 aromatic carbocycles. The van der Waals surface area contributed by atoms with Gasteiger partial charge in [0.2, 0.25) is 5.91 Å². The Labute approximate surface area is 140 Å². The fourth-order valence-electron chi connectivity index (χ4n) is 1.90. The number of carbonyl (C=O) groups excluding carboxylic acids is 1. The molecule has 0 aliphatic carbocycles. The van der Waals surface area contributed by atoms with Gasteiger partial charge in [-0.3, -0.25) is 4.79 Å². The standard InChI is InChI=1S/C17H17Cl2NO2/c1-2-12-6-8-13(9-7-12)22-11-10-16(21)20-15-5-3-4-14(18)17(15)19/h3-9H,2,10-11H2,1H3,(H,20,21). The van der Waals surface area contributed by atoms with Crippen LogP contribution in [0.5, 0.6) is 5.75 Å². The fraction of sp³-hybridized carbons (Fsp3) is 0.235. The van der Waals surface area contributed by atoms with Crippen molar-refractivity contribution in [1.82, 2.24) is 0 Å². The molecule has 0 saturated carbocycles. The molecule has 2 rings (SSSR count). The molecule has 0 spiro atoms. The Hall–Kier alpha value is -1.71. The number of ether oxygens (including phenoxy) is 1. The SMILES string of the molecule is CCc1ccc(OCCC(=O)Nc2cccc(Cl)c2Cl)cc1. The van der Waals surface area contributed by atoms with E-state index in [1.54, 1.807) is 18.2 Å². The third kappa shape index (κ3) is 4.65. The van der Waals surface area contributed by atoms with Crippen molar-refractivity contribution >= 4 is 34.8 Å². The van der Waals surface area contributed by atoms with E-state index in [2.05, 4.69) is 12.2 Å². The number of anilines is 1. The number of aryl methyl sites for hydroxylation is 1. The van der Waals surface area contributed by atoms with E-state index in [1.165, 1.54) is 5.56 Å². The quantitative estimate of drug-likeness (QED) is 0.808. The molecule has 0 saturated heterocycles. The van der Waals surface area contributed by atoms with Crippen molar-refractivity contribution in [2.75, 3.05) is 11.9 Å². The third-order valence-corrected chi connectivity index (χ3v) is 3.97. The van der Waals surface area contributed by atoms with Crippen LogP contribution in [0.3, 0.4) is 0 Å². The molecular weight excluding hydrogens is 321 g/mol. The van der Waals surface area contributed by atoms with Crippen LogP contribution in [0.2, 0.25) is 10.0 Å². The first kappa shape index (κ1) is 16.7. The van der Waals surface area contributed by atoms with Crippen LogP contribution in [0, 0.1) is 0 Å². The molecule has 0 radical (unpaired) electrons. The molecule has 22 heavy (non-hydrogen) atoms. The highest BCUT2D eigenvalue weighted by Crippen LogP contribution is 2.29. The Morgan fingerprint density at radius 1 is 1.14 bits per heavy atom. The summed E-state index contributed by atoms with van der Waals surface area (Å²) in [5.74, 6) is 0.583. The van der Waals surface area contributed by atoms with Gasteiger partial charge in [0, 0.05) is 0 Å². The van der Waals surface area contributed by atoms with Crippen LogP contribution in [-0.2, 0) is 11.2 Å². The summed E-state index contributed by atoms with van der Waals surface area (Å²) in [6.07, 6.45) is 1.22. The lowest BCUT2D eigenvalue weighted by atomic mass is 10.2. The van der Waals surface area contributed by atoms with Crippen LogP contribution >= 0.6 is 23.2 Å². The van der Waals surface area contributed by atoms with E-state index in [9.17, 15) is 4.79 Å². The largest absolute Gasteiger partial charge is 0.493 e. The maximum Gasteiger partial charge on any atom is 0.227 e. The van der Waals surface area contributed by atoms with Gasteiger partial charge in [0.15, 0.2) is 0 Å². The Kier molecular flexibility index (Phi) is 6.10. The summed E-state index contributed by atoms with van der Waals surface area (Å²) < 4.78 is 5.55. The van der Waals surface area contributed by atoms with E-state index in [0.29, 0.717) is 22.3 Å². The van der Waals surface area contributed by atoms with Crippen molar-refractivity contribution in [1.29, 1.82) is 0 Å². The van der Waals surface area contributed by atoms with Crippen LogP contribution in [0.1, 0.15) is 18.9 Å². The molecule has 0 bridgehead atoms. The van der Waals surface area contributed by atoms with Crippen molar-refractivity contribution in [2.24, 2.45) is 0 Å². The minimum absolute atomic E-state index is 0.172. The van der Waals surface area contributed by atoms with Gasteiger partial charge in [-0.05, 0) is 36.2 Å². The number of carbonyl (C=O) groups is 1. The molecule has 116 valence electrons. The van der Waals surface area contributed by atoms with E-state index >= 15 is 0 Å². The lowest BCUT2D eigenvalue weighted by Gasteiger charge is -2.09. The lowest BCUT2D eigenvalue weighted by molar-refractivity contribution is -0.116. The van der Waals surface area contributed by atoms with Crippen molar-refractivity contribution in [3.8, 4) is 5.75 Å². The van der Waals surface area contributed by atoms with E-state index in [1.807, 2.05) is 24.3 Å². The molecule has 0 fully saturated rings. The smallest absolute Gasteiger partial charge is 0.227 e. The minimum atomic E-state index is -0.172. The van der Waals surface area contributed by atoms with Gasteiger partial charge in [0.05, 0.1) is 28.8 Å². The molecule has 0 atom stereocenters. The highest BCUT2D eigenvalue weighted by atomic mass is 35.5. The van der Waals surface area contributed by atoms with Gasteiger partial charge in [-0.2, -0.15) is 0 Å². The van der Waals surface area contributed by atoms with Crippen molar-refractivity contribution in [3.63, 3.8) is 0 Å². The Morgan fingerprint density at radius 3 is 2.55 bits per heavy atom.